The third kappa shape index (κ3) is 3.56. The summed E-state index contributed by atoms with van der Waals surface area (Å²) in [5.74, 6) is 0.972. The fourth-order valence-electron chi connectivity index (χ4n) is 2.63. The van der Waals surface area contributed by atoms with Crippen molar-refractivity contribution in [2.45, 2.75) is 58.5 Å². The van der Waals surface area contributed by atoms with E-state index in [2.05, 4.69) is 30.5 Å². The summed E-state index contributed by atoms with van der Waals surface area (Å²) in [4.78, 5) is 0. The van der Waals surface area contributed by atoms with Crippen LogP contribution in [0.4, 0.5) is 0 Å². The van der Waals surface area contributed by atoms with E-state index < -0.39 is 0 Å². The summed E-state index contributed by atoms with van der Waals surface area (Å²) in [6, 6.07) is 0.639. The smallest absolute Gasteiger partial charge is 0.0522 e. The molecule has 0 radical (unpaired) electrons. The van der Waals surface area contributed by atoms with Crippen molar-refractivity contribution < 1.29 is 0 Å². The van der Waals surface area contributed by atoms with E-state index in [1.807, 2.05) is 10.9 Å². The Labute approximate surface area is 105 Å². The average molecular weight is 235 g/mol. The Morgan fingerprint density at radius 1 is 1.47 bits per heavy atom. The van der Waals surface area contributed by atoms with Gasteiger partial charge in [0.2, 0.25) is 0 Å². The lowest BCUT2D eigenvalue weighted by atomic mass is 9.80. The number of aromatic nitrogens is 2. The molecule has 2 rings (SSSR count). The van der Waals surface area contributed by atoms with Crippen molar-refractivity contribution in [3.63, 3.8) is 0 Å². The summed E-state index contributed by atoms with van der Waals surface area (Å²) < 4.78 is 2.02. The lowest BCUT2D eigenvalue weighted by molar-refractivity contribution is 0.260. The second-order valence-corrected chi connectivity index (χ2v) is 5.20. The second kappa shape index (κ2) is 6.20. The van der Waals surface area contributed by atoms with Gasteiger partial charge in [0.15, 0.2) is 0 Å². The highest BCUT2D eigenvalue weighted by molar-refractivity contribution is 5.06. The molecule has 0 bridgehead atoms. The molecule has 1 aliphatic rings. The van der Waals surface area contributed by atoms with Crippen molar-refractivity contribution in [1.82, 2.24) is 15.1 Å². The molecule has 96 valence electrons. The van der Waals surface area contributed by atoms with Gasteiger partial charge in [-0.05, 0) is 37.8 Å². The second-order valence-electron chi connectivity index (χ2n) is 5.20. The summed E-state index contributed by atoms with van der Waals surface area (Å²) >= 11 is 0. The Bertz CT molecular complexity index is 328. The average Bonchev–Trinajstić information content (AvgIpc) is 2.71. The van der Waals surface area contributed by atoms with E-state index in [1.54, 1.807) is 0 Å². The highest BCUT2D eigenvalue weighted by Crippen LogP contribution is 2.31. The summed E-state index contributed by atoms with van der Waals surface area (Å²) in [5, 5.41) is 7.97. The molecule has 1 aromatic heterocycles. The molecule has 1 saturated carbocycles. The molecule has 1 fully saturated rings. The summed E-state index contributed by atoms with van der Waals surface area (Å²) in [6.45, 7) is 6.37. The van der Waals surface area contributed by atoms with Gasteiger partial charge in [0.25, 0.3) is 0 Å². The van der Waals surface area contributed by atoms with Crippen LogP contribution in [0.15, 0.2) is 12.4 Å². The van der Waals surface area contributed by atoms with Crippen LogP contribution in [0.25, 0.3) is 0 Å². The zero-order chi connectivity index (χ0) is 12.1. The molecular weight excluding hydrogens is 210 g/mol. The lowest BCUT2D eigenvalue weighted by Crippen LogP contribution is -2.34. The molecule has 0 amide bonds. The number of rotatable bonds is 7. The Hall–Kier alpha value is -0.830. The van der Waals surface area contributed by atoms with Crippen LogP contribution in [0, 0.1) is 5.92 Å². The zero-order valence-electron chi connectivity index (χ0n) is 11.2. The van der Waals surface area contributed by atoms with Crippen LogP contribution < -0.4 is 5.32 Å². The van der Waals surface area contributed by atoms with E-state index in [1.165, 1.54) is 31.2 Å². The predicted molar refractivity (Wildman–Crippen MR) is 71.0 cm³/mol. The predicted octanol–water partition coefficient (Wildman–Crippen LogP) is 2.61. The van der Waals surface area contributed by atoms with Gasteiger partial charge in [-0.25, -0.2) is 0 Å². The first-order chi connectivity index (χ1) is 8.31. The standard InChI is InChI=1S/C14H25N3/c1-3-15-14(8-12-6-5-7-12)9-13-10-16-17(4-2)11-13/h10-12,14-15H,3-9H2,1-2H3. The topological polar surface area (TPSA) is 29.9 Å². The van der Waals surface area contributed by atoms with Gasteiger partial charge in [-0.2, -0.15) is 5.10 Å². The Kier molecular flexibility index (Phi) is 4.60. The van der Waals surface area contributed by atoms with Gasteiger partial charge in [0.05, 0.1) is 6.20 Å². The van der Waals surface area contributed by atoms with Crippen LogP contribution >= 0.6 is 0 Å². The molecule has 1 N–H and O–H groups in total. The number of nitrogens with one attached hydrogen (secondary N) is 1. The van der Waals surface area contributed by atoms with Crippen molar-refractivity contribution in [2.75, 3.05) is 6.54 Å². The Balaban J connectivity index is 1.86. The van der Waals surface area contributed by atoms with Crippen LogP contribution in [-0.2, 0) is 13.0 Å². The number of aryl methyl sites for hydroxylation is 1. The number of likely N-dealkylation sites (N-methyl/N-ethyl adjacent to an activating group) is 1. The maximum atomic E-state index is 4.35. The maximum Gasteiger partial charge on any atom is 0.0522 e. The molecule has 1 aliphatic carbocycles. The minimum absolute atomic E-state index is 0.639. The summed E-state index contributed by atoms with van der Waals surface area (Å²) in [6.07, 6.45) is 11.0. The number of hydrogen-bond acceptors (Lipinski definition) is 2. The van der Waals surface area contributed by atoms with Crippen molar-refractivity contribution >= 4 is 0 Å². The van der Waals surface area contributed by atoms with Gasteiger partial charge in [0, 0.05) is 18.8 Å². The first-order valence-corrected chi connectivity index (χ1v) is 7.06. The summed E-state index contributed by atoms with van der Waals surface area (Å²) in [7, 11) is 0. The number of nitrogens with zero attached hydrogens (tertiary/aromatic N) is 2. The normalized spacial score (nSPS) is 18.0. The van der Waals surface area contributed by atoms with E-state index >= 15 is 0 Å². The summed E-state index contributed by atoms with van der Waals surface area (Å²) in [5.41, 5.74) is 1.37. The zero-order valence-corrected chi connectivity index (χ0v) is 11.2. The molecule has 3 nitrogen and oxygen atoms in total. The van der Waals surface area contributed by atoms with Gasteiger partial charge >= 0.3 is 0 Å². The molecule has 17 heavy (non-hydrogen) atoms. The first-order valence-electron chi connectivity index (χ1n) is 7.06. The van der Waals surface area contributed by atoms with Crippen molar-refractivity contribution in [3.8, 4) is 0 Å². The largest absolute Gasteiger partial charge is 0.314 e. The monoisotopic (exact) mass is 235 g/mol. The minimum Gasteiger partial charge on any atom is -0.314 e. The van der Waals surface area contributed by atoms with Crippen LogP contribution in [0.3, 0.4) is 0 Å². The molecule has 1 aromatic rings. The highest BCUT2D eigenvalue weighted by Gasteiger charge is 2.22. The molecule has 1 unspecified atom stereocenters. The fourth-order valence-corrected chi connectivity index (χ4v) is 2.63. The highest BCUT2D eigenvalue weighted by atomic mass is 15.3. The van der Waals surface area contributed by atoms with Crippen LogP contribution in [0.2, 0.25) is 0 Å². The van der Waals surface area contributed by atoms with Gasteiger partial charge in [-0.3, -0.25) is 4.68 Å². The Morgan fingerprint density at radius 2 is 2.29 bits per heavy atom. The molecule has 1 heterocycles. The van der Waals surface area contributed by atoms with Gasteiger partial charge in [-0.1, -0.05) is 26.2 Å². The molecule has 0 spiro atoms. The van der Waals surface area contributed by atoms with E-state index in [9.17, 15) is 0 Å². The minimum atomic E-state index is 0.639. The SMILES string of the molecule is CCNC(Cc1cnn(CC)c1)CC1CCC1. The molecule has 0 aliphatic heterocycles. The van der Waals surface area contributed by atoms with Crippen LogP contribution in [0.1, 0.15) is 45.1 Å². The van der Waals surface area contributed by atoms with Crippen molar-refractivity contribution in [1.29, 1.82) is 0 Å². The number of hydrogen-bond donors (Lipinski definition) is 1. The van der Waals surface area contributed by atoms with Crippen molar-refractivity contribution in [2.24, 2.45) is 5.92 Å². The Morgan fingerprint density at radius 3 is 2.82 bits per heavy atom. The molecular formula is C14H25N3. The van der Waals surface area contributed by atoms with Gasteiger partial charge in [-0.15, -0.1) is 0 Å². The molecule has 1 atom stereocenters. The van der Waals surface area contributed by atoms with E-state index in [0.29, 0.717) is 6.04 Å². The first kappa shape index (κ1) is 12.6. The van der Waals surface area contributed by atoms with Crippen LogP contribution in [0.5, 0.6) is 0 Å². The van der Waals surface area contributed by atoms with Crippen LogP contribution in [-0.4, -0.2) is 22.4 Å². The molecule has 0 aromatic carbocycles. The maximum absolute atomic E-state index is 4.35. The lowest BCUT2D eigenvalue weighted by Gasteiger charge is -2.30. The third-order valence-electron chi connectivity index (χ3n) is 3.83. The molecule has 0 saturated heterocycles. The fraction of sp³-hybridized carbons (Fsp3) is 0.786. The van der Waals surface area contributed by atoms with E-state index in [-0.39, 0.29) is 0 Å². The van der Waals surface area contributed by atoms with E-state index in [4.69, 9.17) is 0 Å². The van der Waals surface area contributed by atoms with Gasteiger partial charge < -0.3 is 5.32 Å². The molecule has 3 heteroatoms. The van der Waals surface area contributed by atoms with E-state index in [0.717, 1.165) is 25.4 Å². The third-order valence-corrected chi connectivity index (χ3v) is 3.83. The van der Waals surface area contributed by atoms with Crippen molar-refractivity contribution in [3.05, 3.63) is 18.0 Å². The quantitative estimate of drug-likeness (QED) is 0.787. The van der Waals surface area contributed by atoms with Gasteiger partial charge in [0.1, 0.15) is 0 Å².